The molecular formula is C20H22N2O6. The van der Waals surface area contributed by atoms with Gasteiger partial charge in [0, 0.05) is 32.4 Å². The van der Waals surface area contributed by atoms with Crippen LogP contribution in [0.5, 0.6) is 11.5 Å². The number of carbonyl (C=O) groups excluding carboxylic acids is 3. The summed E-state index contributed by atoms with van der Waals surface area (Å²) in [5.41, 5.74) is 1.50. The van der Waals surface area contributed by atoms with Crippen LogP contribution in [-0.4, -0.2) is 54.0 Å². The Kier molecular flexibility index (Phi) is 5.67. The van der Waals surface area contributed by atoms with Crippen LogP contribution in [0.15, 0.2) is 30.5 Å². The van der Waals surface area contributed by atoms with E-state index in [2.05, 4.69) is 0 Å². The van der Waals surface area contributed by atoms with Crippen LogP contribution in [-0.2, 0) is 23.1 Å². The molecule has 8 heteroatoms. The van der Waals surface area contributed by atoms with Crippen LogP contribution in [0.25, 0.3) is 0 Å². The largest absolute Gasteiger partial charge is 0.486 e. The molecule has 0 bridgehead atoms. The number of likely N-dealkylation sites (N-methyl/N-ethyl adjacent to an activating group) is 1. The number of hydrogen-bond donors (Lipinski definition) is 0. The normalized spacial score (nSPS) is 12.4. The molecule has 0 aliphatic carbocycles. The first kappa shape index (κ1) is 19.5. The van der Waals surface area contributed by atoms with Crippen molar-refractivity contribution in [3.8, 4) is 11.5 Å². The van der Waals surface area contributed by atoms with Gasteiger partial charge in [-0.1, -0.05) is 6.07 Å². The summed E-state index contributed by atoms with van der Waals surface area (Å²) in [5.74, 6) is 0.191. The number of aromatic nitrogens is 1. The summed E-state index contributed by atoms with van der Waals surface area (Å²) in [7, 11) is 3.27. The van der Waals surface area contributed by atoms with Crippen LogP contribution in [0.2, 0.25) is 0 Å². The number of fused-ring (bicyclic) bond motifs is 1. The Morgan fingerprint density at radius 2 is 1.86 bits per heavy atom. The molecule has 0 spiro atoms. The molecule has 1 amide bonds. The monoisotopic (exact) mass is 386 g/mol. The van der Waals surface area contributed by atoms with Gasteiger partial charge in [-0.05, 0) is 30.7 Å². The number of aryl methyl sites for hydroxylation is 1. The summed E-state index contributed by atoms with van der Waals surface area (Å²) in [4.78, 5) is 37.4. The quantitative estimate of drug-likeness (QED) is 0.556. The number of benzene rings is 1. The number of hydrogen-bond acceptors (Lipinski definition) is 6. The first-order valence-electron chi connectivity index (χ1n) is 8.82. The summed E-state index contributed by atoms with van der Waals surface area (Å²) < 4.78 is 17.6. The van der Waals surface area contributed by atoms with Crippen molar-refractivity contribution in [2.75, 3.05) is 26.9 Å². The lowest BCUT2D eigenvalue weighted by molar-refractivity contribution is -0.133. The van der Waals surface area contributed by atoms with Gasteiger partial charge in [-0.2, -0.15) is 0 Å². The minimum Gasteiger partial charge on any atom is -0.486 e. The third kappa shape index (κ3) is 4.33. The standard InChI is InChI=1S/C20H22N2O6/c1-13(23)15-9-16(21(2)11-15)20(25)28-12-19(24)22(3)10-14-4-5-17-18(8-14)27-7-6-26-17/h4-5,8-9,11H,6-7,10,12H2,1-3H3. The maximum Gasteiger partial charge on any atom is 0.355 e. The predicted molar refractivity (Wildman–Crippen MR) is 99.6 cm³/mol. The van der Waals surface area contributed by atoms with E-state index in [1.54, 1.807) is 20.3 Å². The lowest BCUT2D eigenvalue weighted by Gasteiger charge is -2.21. The van der Waals surface area contributed by atoms with E-state index >= 15 is 0 Å². The lowest BCUT2D eigenvalue weighted by Crippen LogP contribution is -2.31. The summed E-state index contributed by atoms with van der Waals surface area (Å²) in [5, 5.41) is 0. The molecule has 0 N–H and O–H groups in total. The van der Waals surface area contributed by atoms with E-state index in [0.29, 0.717) is 36.8 Å². The van der Waals surface area contributed by atoms with Crippen LogP contribution in [0, 0.1) is 0 Å². The molecule has 0 atom stereocenters. The number of carbonyl (C=O) groups is 3. The van der Waals surface area contributed by atoms with Gasteiger partial charge in [0.1, 0.15) is 18.9 Å². The summed E-state index contributed by atoms with van der Waals surface area (Å²) in [6, 6.07) is 6.95. The summed E-state index contributed by atoms with van der Waals surface area (Å²) in [6.45, 7) is 2.38. The first-order valence-corrected chi connectivity index (χ1v) is 8.82. The number of amides is 1. The van der Waals surface area contributed by atoms with Gasteiger partial charge in [0.15, 0.2) is 23.9 Å². The molecule has 0 fully saturated rings. The van der Waals surface area contributed by atoms with E-state index in [9.17, 15) is 14.4 Å². The Morgan fingerprint density at radius 1 is 1.14 bits per heavy atom. The number of rotatable bonds is 6. The molecule has 0 radical (unpaired) electrons. The SMILES string of the molecule is CC(=O)c1cc(C(=O)OCC(=O)N(C)Cc2ccc3c(c2)OCCO3)n(C)c1. The van der Waals surface area contributed by atoms with Gasteiger partial charge in [-0.15, -0.1) is 0 Å². The van der Waals surface area contributed by atoms with Crippen LogP contribution >= 0.6 is 0 Å². The molecule has 1 aliphatic heterocycles. The fourth-order valence-corrected chi connectivity index (χ4v) is 2.82. The molecule has 0 saturated heterocycles. The molecule has 1 aromatic heterocycles. The molecule has 3 rings (SSSR count). The number of ether oxygens (including phenoxy) is 3. The molecule has 2 aromatic rings. The Balaban J connectivity index is 1.55. The van der Waals surface area contributed by atoms with E-state index < -0.39 is 5.97 Å². The summed E-state index contributed by atoms with van der Waals surface area (Å²) >= 11 is 0. The van der Waals surface area contributed by atoms with E-state index in [1.165, 1.54) is 22.5 Å². The molecule has 0 unspecified atom stereocenters. The lowest BCUT2D eigenvalue weighted by atomic mass is 10.2. The zero-order valence-electron chi connectivity index (χ0n) is 16.1. The minimum atomic E-state index is -0.656. The van der Waals surface area contributed by atoms with Crippen molar-refractivity contribution in [3.05, 3.63) is 47.3 Å². The van der Waals surface area contributed by atoms with Crippen molar-refractivity contribution in [1.29, 1.82) is 0 Å². The van der Waals surface area contributed by atoms with Crippen LogP contribution < -0.4 is 9.47 Å². The Morgan fingerprint density at radius 3 is 2.54 bits per heavy atom. The third-order valence-corrected chi connectivity index (χ3v) is 4.40. The van der Waals surface area contributed by atoms with Gasteiger partial charge in [0.2, 0.25) is 0 Å². The summed E-state index contributed by atoms with van der Waals surface area (Å²) in [6.07, 6.45) is 1.55. The van der Waals surface area contributed by atoms with Gasteiger partial charge in [0.25, 0.3) is 5.91 Å². The maximum absolute atomic E-state index is 12.3. The highest BCUT2D eigenvalue weighted by Gasteiger charge is 2.19. The maximum atomic E-state index is 12.3. The molecular weight excluding hydrogens is 364 g/mol. The zero-order chi connectivity index (χ0) is 20.3. The molecule has 148 valence electrons. The Bertz CT molecular complexity index is 917. The van der Waals surface area contributed by atoms with E-state index in [4.69, 9.17) is 14.2 Å². The smallest absolute Gasteiger partial charge is 0.355 e. The minimum absolute atomic E-state index is 0.148. The zero-order valence-corrected chi connectivity index (χ0v) is 16.1. The fraction of sp³-hybridized carbons (Fsp3) is 0.350. The fourth-order valence-electron chi connectivity index (χ4n) is 2.82. The van der Waals surface area contributed by atoms with Gasteiger partial charge >= 0.3 is 5.97 Å². The highest BCUT2D eigenvalue weighted by atomic mass is 16.6. The van der Waals surface area contributed by atoms with Gasteiger partial charge in [-0.25, -0.2) is 4.79 Å². The number of esters is 1. The van der Waals surface area contributed by atoms with E-state index in [0.717, 1.165) is 5.56 Å². The highest BCUT2D eigenvalue weighted by molar-refractivity contribution is 5.98. The molecule has 8 nitrogen and oxygen atoms in total. The van der Waals surface area contributed by atoms with E-state index in [1.807, 2.05) is 18.2 Å². The topological polar surface area (TPSA) is 87.1 Å². The number of Topliss-reactive ketones (excluding diaryl/α,β-unsaturated/α-hetero) is 1. The van der Waals surface area contributed by atoms with E-state index in [-0.39, 0.29) is 24.0 Å². The third-order valence-electron chi connectivity index (χ3n) is 4.40. The van der Waals surface area contributed by atoms with Crippen molar-refractivity contribution in [2.24, 2.45) is 7.05 Å². The van der Waals surface area contributed by atoms with Crippen LogP contribution in [0.4, 0.5) is 0 Å². The van der Waals surface area contributed by atoms with Crippen LogP contribution in [0.1, 0.15) is 33.3 Å². The second kappa shape index (κ2) is 8.16. The highest BCUT2D eigenvalue weighted by Crippen LogP contribution is 2.31. The average Bonchev–Trinajstić information content (AvgIpc) is 3.07. The first-order chi connectivity index (χ1) is 13.3. The van der Waals surface area contributed by atoms with Gasteiger partial charge in [-0.3, -0.25) is 9.59 Å². The second-order valence-corrected chi connectivity index (χ2v) is 6.59. The van der Waals surface area contributed by atoms with Gasteiger partial charge < -0.3 is 23.7 Å². The molecule has 1 aliphatic rings. The van der Waals surface area contributed by atoms with Crippen molar-refractivity contribution in [1.82, 2.24) is 9.47 Å². The molecule has 1 aromatic carbocycles. The Hall–Kier alpha value is -3.29. The average molecular weight is 386 g/mol. The van der Waals surface area contributed by atoms with Crippen molar-refractivity contribution >= 4 is 17.7 Å². The van der Waals surface area contributed by atoms with Crippen molar-refractivity contribution in [2.45, 2.75) is 13.5 Å². The second-order valence-electron chi connectivity index (χ2n) is 6.59. The molecule has 2 heterocycles. The molecule has 0 saturated carbocycles. The van der Waals surface area contributed by atoms with Gasteiger partial charge in [0.05, 0.1) is 0 Å². The molecule has 28 heavy (non-hydrogen) atoms. The van der Waals surface area contributed by atoms with Crippen molar-refractivity contribution < 1.29 is 28.6 Å². The number of ketones is 1. The predicted octanol–water partition coefficient (Wildman–Crippen LogP) is 1.81. The Labute approximate surface area is 162 Å². The number of nitrogens with zero attached hydrogens (tertiary/aromatic N) is 2. The van der Waals surface area contributed by atoms with Crippen LogP contribution in [0.3, 0.4) is 0 Å². The van der Waals surface area contributed by atoms with Crippen molar-refractivity contribution in [3.63, 3.8) is 0 Å².